The molecule has 0 amide bonds. The van der Waals surface area contributed by atoms with Crippen molar-refractivity contribution in [3.63, 3.8) is 0 Å². The average Bonchev–Trinajstić information content (AvgIpc) is 2.80. The molecule has 4 nitrogen and oxygen atoms in total. The molecule has 1 unspecified atom stereocenters. The van der Waals surface area contributed by atoms with E-state index in [1.54, 1.807) is 0 Å². The molecule has 0 aliphatic rings. The number of hydrogen-bond acceptors (Lipinski definition) is 2. The number of quaternary nitrogens is 1. The molecule has 6 heteroatoms. The Morgan fingerprint density at radius 2 is 1.58 bits per heavy atom. The van der Waals surface area contributed by atoms with E-state index >= 15 is 0 Å². The van der Waals surface area contributed by atoms with Crippen molar-refractivity contribution in [1.82, 2.24) is 4.57 Å². The number of nitrogens with zero attached hydrogens (tertiary/aromatic N) is 1. The second-order valence-electron chi connectivity index (χ2n) is 6.22. The fourth-order valence-electron chi connectivity index (χ4n) is 3.22. The van der Waals surface area contributed by atoms with Crippen LogP contribution in [0.25, 0.3) is 21.8 Å². The molecule has 2 atom stereocenters. The summed E-state index contributed by atoms with van der Waals surface area (Å²) < 4.78 is 2.11. The summed E-state index contributed by atoms with van der Waals surface area (Å²) in [6.07, 6.45) is -0.512. The van der Waals surface area contributed by atoms with Gasteiger partial charge in [0.15, 0.2) is 0 Å². The van der Waals surface area contributed by atoms with E-state index in [0.717, 1.165) is 26.7 Å². The first-order valence-corrected chi connectivity index (χ1v) is 8.72. The summed E-state index contributed by atoms with van der Waals surface area (Å²) in [5.74, 6) is 0. The zero-order chi connectivity index (χ0) is 17.3. The van der Waals surface area contributed by atoms with Crippen molar-refractivity contribution in [2.45, 2.75) is 12.6 Å². The molecule has 128 valence electrons. The number of hydrogen-bond donors (Lipinski definition) is 3. The quantitative estimate of drug-likeness (QED) is 0.623. The second kappa shape index (κ2) is 7.30. The van der Waals surface area contributed by atoms with Gasteiger partial charge in [-0.2, -0.15) is 0 Å². The molecule has 3 N–H and O–H groups in total. The van der Waals surface area contributed by atoms with E-state index in [0.29, 0.717) is 29.7 Å². The van der Waals surface area contributed by atoms with Crippen molar-refractivity contribution >= 4 is 45.0 Å². The van der Waals surface area contributed by atoms with Gasteiger partial charge in [-0.05, 0) is 36.4 Å². The molecule has 0 radical (unpaired) electrons. The topological polar surface area (TPSA) is 49.8 Å². The van der Waals surface area contributed by atoms with E-state index in [-0.39, 0.29) is 6.61 Å². The predicted octanol–water partition coefficient (Wildman–Crippen LogP) is 1.97. The van der Waals surface area contributed by atoms with Gasteiger partial charge in [-0.25, -0.2) is 0 Å². The third-order valence-corrected chi connectivity index (χ3v) is 4.78. The molecule has 0 aliphatic carbocycles. The summed E-state index contributed by atoms with van der Waals surface area (Å²) in [6.45, 7) is 1.79. The van der Waals surface area contributed by atoms with Crippen molar-refractivity contribution < 1.29 is 15.1 Å². The number of aliphatic hydroxyl groups is 2. The SMILES string of the molecule is C[NH+](CCO)C[C@H](O)Cn1c2ccc(Cl)cc2c2cc(Cl)ccc21. The molecular weight excluding hydrogens is 347 g/mol. The molecular formula is C18H21Cl2N2O2+. The van der Waals surface area contributed by atoms with Crippen LogP contribution in [0.15, 0.2) is 36.4 Å². The number of aliphatic hydroxyl groups excluding tert-OH is 2. The number of likely N-dealkylation sites (N-methyl/N-ethyl adjacent to an activating group) is 1. The van der Waals surface area contributed by atoms with E-state index in [9.17, 15) is 5.11 Å². The molecule has 1 aromatic heterocycles. The van der Waals surface area contributed by atoms with Crippen LogP contribution in [0.3, 0.4) is 0 Å². The molecule has 0 spiro atoms. The Kier molecular flexibility index (Phi) is 5.33. The van der Waals surface area contributed by atoms with E-state index in [4.69, 9.17) is 28.3 Å². The van der Waals surface area contributed by atoms with Crippen LogP contribution in [0.2, 0.25) is 10.0 Å². The molecule has 0 fully saturated rings. The summed E-state index contributed by atoms with van der Waals surface area (Å²) in [5.41, 5.74) is 2.05. The monoisotopic (exact) mass is 367 g/mol. The van der Waals surface area contributed by atoms with Crippen LogP contribution in [-0.2, 0) is 6.54 Å². The molecule has 3 aromatic rings. The van der Waals surface area contributed by atoms with Gasteiger partial charge in [-0.1, -0.05) is 23.2 Å². The normalized spacial score (nSPS) is 14.4. The number of aromatic nitrogens is 1. The van der Waals surface area contributed by atoms with Crippen molar-refractivity contribution in [2.75, 3.05) is 26.7 Å². The lowest BCUT2D eigenvalue weighted by Gasteiger charge is -2.18. The minimum Gasteiger partial charge on any atom is -0.391 e. The molecule has 0 saturated carbocycles. The van der Waals surface area contributed by atoms with Gasteiger partial charge in [0.1, 0.15) is 19.2 Å². The first-order valence-electron chi connectivity index (χ1n) is 7.97. The third kappa shape index (κ3) is 3.53. The maximum atomic E-state index is 10.5. The molecule has 1 heterocycles. The lowest BCUT2D eigenvalue weighted by Crippen LogP contribution is -3.10. The van der Waals surface area contributed by atoms with Gasteiger partial charge in [0, 0.05) is 31.9 Å². The Bertz CT molecular complexity index is 804. The first-order chi connectivity index (χ1) is 11.5. The first kappa shape index (κ1) is 17.5. The van der Waals surface area contributed by atoms with Gasteiger partial charge >= 0.3 is 0 Å². The highest BCUT2D eigenvalue weighted by Gasteiger charge is 2.17. The van der Waals surface area contributed by atoms with Crippen molar-refractivity contribution in [1.29, 1.82) is 0 Å². The highest BCUT2D eigenvalue weighted by Crippen LogP contribution is 2.32. The van der Waals surface area contributed by atoms with Gasteiger partial charge in [-0.15, -0.1) is 0 Å². The van der Waals surface area contributed by atoms with Crippen LogP contribution in [0.1, 0.15) is 0 Å². The van der Waals surface area contributed by atoms with Crippen LogP contribution in [0, 0.1) is 0 Å². The Labute approximate surface area is 150 Å². The summed E-state index contributed by atoms with van der Waals surface area (Å²) in [4.78, 5) is 1.09. The fourth-order valence-corrected chi connectivity index (χ4v) is 3.56. The maximum Gasteiger partial charge on any atom is 0.121 e. The molecule has 24 heavy (non-hydrogen) atoms. The number of halogens is 2. The van der Waals surface area contributed by atoms with Gasteiger partial charge in [0.2, 0.25) is 0 Å². The van der Waals surface area contributed by atoms with Crippen LogP contribution >= 0.6 is 23.2 Å². The number of benzene rings is 2. The predicted molar refractivity (Wildman–Crippen MR) is 99.2 cm³/mol. The van der Waals surface area contributed by atoms with Crippen LogP contribution in [0.4, 0.5) is 0 Å². The second-order valence-corrected chi connectivity index (χ2v) is 7.10. The smallest absolute Gasteiger partial charge is 0.121 e. The molecule has 0 saturated heterocycles. The number of rotatable bonds is 6. The van der Waals surface area contributed by atoms with E-state index in [2.05, 4.69) is 4.57 Å². The van der Waals surface area contributed by atoms with Crippen molar-refractivity contribution in [2.24, 2.45) is 0 Å². The highest BCUT2D eigenvalue weighted by atomic mass is 35.5. The van der Waals surface area contributed by atoms with E-state index in [1.165, 1.54) is 0 Å². The Balaban J connectivity index is 2.02. The van der Waals surface area contributed by atoms with Gasteiger partial charge in [0.05, 0.1) is 20.2 Å². The zero-order valence-electron chi connectivity index (χ0n) is 13.5. The highest BCUT2D eigenvalue weighted by molar-refractivity contribution is 6.33. The molecule has 2 aromatic carbocycles. The van der Waals surface area contributed by atoms with Crippen molar-refractivity contribution in [3.05, 3.63) is 46.4 Å². The summed E-state index contributed by atoms with van der Waals surface area (Å²) in [5, 5.41) is 22.9. The lowest BCUT2D eigenvalue weighted by molar-refractivity contribution is -0.883. The summed E-state index contributed by atoms with van der Waals surface area (Å²) in [6, 6.07) is 11.5. The summed E-state index contributed by atoms with van der Waals surface area (Å²) in [7, 11) is 1.96. The maximum absolute atomic E-state index is 10.5. The average molecular weight is 368 g/mol. The minimum atomic E-state index is -0.512. The summed E-state index contributed by atoms with van der Waals surface area (Å²) >= 11 is 12.3. The standard InChI is InChI=1S/C18H20Cl2N2O2/c1-21(6-7-23)10-14(24)11-22-17-4-2-12(19)8-15(17)16-9-13(20)3-5-18(16)22/h2-5,8-9,14,23-24H,6-7,10-11H2,1H3/p+1/t14-/m0/s1. The van der Waals surface area contributed by atoms with Crippen molar-refractivity contribution in [3.8, 4) is 0 Å². The minimum absolute atomic E-state index is 0.116. The Morgan fingerprint density at radius 1 is 1.04 bits per heavy atom. The van der Waals surface area contributed by atoms with Gasteiger partial charge in [0.25, 0.3) is 0 Å². The zero-order valence-corrected chi connectivity index (χ0v) is 15.0. The van der Waals surface area contributed by atoms with E-state index < -0.39 is 6.10 Å². The van der Waals surface area contributed by atoms with Gasteiger partial charge in [-0.3, -0.25) is 0 Å². The fraction of sp³-hybridized carbons (Fsp3) is 0.333. The molecule has 3 rings (SSSR count). The van der Waals surface area contributed by atoms with E-state index in [1.807, 2.05) is 43.4 Å². The molecule has 0 bridgehead atoms. The lowest BCUT2D eigenvalue weighted by atomic mass is 10.1. The Hall–Kier alpha value is -1.30. The Morgan fingerprint density at radius 3 is 2.08 bits per heavy atom. The van der Waals surface area contributed by atoms with Crippen LogP contribution in [0.5, 0.6) is 0 Å². The third-order valence-electron chi connectivity index (χ3n) is 4.30. The van der Waals surface area contributed by atoms with Gasteiger partial charge < -0.3 is 19.7 Å². The number of nitrogens with one attached hydrogen (secondary N) is 1. The molecule has 0 aliphatic heterocycles. The van der Waals surface area contributed by atoms with Crippen LogP contribution < -0.4 is 4.90 Å². The largest absolute Gasteiger partial charge is 0.391 e. The van der Waals surface area contributed by atoms with Crippen LogP contribution in [-0.4, -0.2) is 47.6 Å². The number of fused-ring (bicyclic) bond motifs is 3.